The van der Waals surface area contributed by atoms with E-state index in [0.29, 0.717) is 13.0 Å². The van der Waals surface area contributed by atoms with Crippen LogP contribution < -0.4 is 0 Å². The van der Waals surface area contributed by atoms with Crippen LogP contribution >= 0.6 is 11.8 Å². The number of hydrogen-bond acceptors (Lipinski definition) is 3. The van der Waals surface area contributed by atoms with Gasteiger partial charge in [0, 0.05) is 5.75 Å². The highest BCUT2D eigenvalue weighted by atomic mass is 32.2. The minimum Gasteiger partial charge on any atom is -0.466 e. The van der Waals surface area contributed by atoms with Crippen molar-refractivity contribution in [3.8, 4) is 0 Å². The topological polar surface area (TPSA) is 26.3 Å². The van der Waals surface area contributed by atoms with Crippen molar-refractivity contribution in [2.45, 2.75) is 19.8 Å². The maximum Gasteiger partial charge on any atom is 0.309 e. The predicted molar refractivity (Wildman–Crippen MR) is 46.4 cm³/mol. The molecule has 0 aromatic carbocycles. The standard InChI is InChI=1S/C8H12O2S/c1-2-10-8(9)5-7-3-4-11-6-7/h6H,2-5H2,1H3. The van der Waals surface area contributed by atoms with Gasteiger partial charge in [-0.25, -0.2) is 0 Å². The van der Waals surface area contributed by atoms with E-state index in [1.807, 2.05) is 6.92 Å². The molecule has 3 heteroatoms. The Bertz CT molecular complexity index is 175. The van der Waals surface area contributed by atoms with Gasteiger partial charge in [0.1, 0.15) is 0 Å². The van der Waals surface area contributed by atoms with Gasteiger partial charge in [-0.05, 0) is 18.8 Å². The van der Waals surface area contributed by atoms with Gasteiger partial charge in [-0.2, -0.15) is 0 Å². The largest absolute Gasteiger partial charge is 0.466 e. The lowest BCUT2D eigenvalue weighted by Gasteiger charge is -2.00. The molecule has 0 aliphatic carbocycles. The van der Waals surface area contributed by atoms with Crippen LogP contribution in [0.5, 0.6) is 0 Å². The van der Waals surface area contributed by atoms with Gasteiger partial charge in [-0.1, -0.05) is 5.57 Å². The Morgan fingerprint density at radius 1 is 1.82 bits per heavy atom. The summed E-state index contributed by atoms with van der Waals surface area (Å²) in [6.07, 6.45) is 1.53. The lowest BCUT2D eigenvalue weighted by molar-refractivity contribution is -0.142. The summed E-state index contributed by atoms with van der Waals surface area (Å²) >= 11 is 1.77. The van der Waals surface area contributed by atoms with E-state index < -0.39 is 0 Å². The lowest BCUT2D eigenvalue weighted by atomic mass is 10.2. The van der Waals surface area contributed by atoms with Crippen molar-refractivity contribution in [3.05, 3.63) is 11.0 Å². The highest BCUT2D eigenvalue weighted by molar-refractivity contribution is 8.02. The number of esters is 1. The smallest absolute Gasteiger partial charge is 0.309 e. The van der Waals surface area contributed by atoms with E-state index in [2.05, 4.69) is 5.41 Å². The second-order valence-electron chi connectivity index (χ2n) is 2.38. The summed E-state index contributed by atoms with van der Waals surface area (Å²) in [5.41, 5.74) is 1.22. The molecule has 0 bridgehead atoms. The monoisotopic (exact) mass is 172 g/mol. The van der Waals surface area contributed by atoms with Crippen molar-refractivity contribution in [2.24, 2.45) is 0 Å². The molecule has 1 rings (SSSR count). The van der Waals surface area contributed by atoms with Gasteiger partial charge < -0.3 is 4.74 Å². The molecule has 0 aromatic heterocycles. The Morgan fingerprint density at radius 2 is 2.64 bits per heavy atom. The van der Waals surface area contributed by atoms with Crippen LogP contribution in [0.25, 0.3) is 0 Å². The molecule has 0 unspecified atom stereocenters. The molecule has 0 radical (unpaired) electrons. The maximum atomic E-state index is 10.9. The zero-order valence-corrected chi connectivity index (χ0v) is 7.45. The number of thioether (sulfide) groups is 1. The molecule has 0 saturated carbocycles. The first-order valence-electron chi connectivity index (χ1n) is 3.78. The molecule has 0 amide bonds. The molecule has 2 nitrogen and oxygen atoms in total. The second kappa shape index (κ2) is 4.44. The van der Waals surface area contributed by atoms with Gasteiger partial charge in [-0.3, -0.25) is 4.79 Å². The number of carbonyl (C=O) groups is 1. The minimum atomic E-state index is -0.0961. The summed E-state index contributed by atoms with van der Waals surface area (Å²) in [5.74, 6) is 1.02. The van der Waals surface area contributed by atoms with Crippen LogP contribution in [0, 0.1) is 0 Å². The lowest BCUT2D eigenvalue weighted by Crippen LogP contribution is -2.04. The van der Waals surface area contributed by atoms with Gasteiger partial charge >= 0.3 is 5.97 Å². The minimum absolute atomic E-state index is 0.0961. The average Bonchev–Trinajstić information content (AvgIpc) is 2.40. The number of carbonyl (C=O) groups excluding carboxylic acids is 1. The number of rotatable bonds is 3. The van der Waals surface area contributed by atoms with Gasteiger partial charge in [0.15, 0.2) is 0 Å². The summed E-state index contributed by atoms with van der Waals surface area (Å²) in [5, 5.41) is 2.07. The fraction of sp³-hybridized carbons (Fsp3) is 0.625. The zero-order valence-electron chi connectivity index (χ0n) is 6.63. The number of hydrogen-bond donors (Lipinski definition) is 0. The van der Waals surface area contributed by atoms with Crippen molar-refractivity contribution in [2.75, 3.05) is 12.4 Å². The second-order valence-corrected chi connectivity index (χ2v) is 3.36. The van der Waals surface area contributed by atoms with E-state index in [1.165, 1.54) is 5.57 Å². The van der Waals surface area contributed by atoms with Crippen LogP contribution in [0.2, 0.25) is 0 Å². The average molecular weight is 172 g/mol. The molecule has 1 heterocycles. The highest BCUT2D eigenvalue weighted by Gasteiger charge is 2.09. The first-order valence-corrected chi connectivity index (χ1v) is 4.83. The van der Waals surface area contributed by atoms with Crippen molar-refractivity contribution < 1.29 is 9.53 Å². The van der Waals surface area contributed by atoms with Crippen molar-refractivity contribution in [1.29, 1.82) is 0 Å². The van der Waals surface area contributed by atoms with Crippen LogP contribution in [0.15, 0.2) is 11.0 Å². The molecule has 0 atom stereocenters. The molecule has 1 aliphatic heterocycles. The van der Waals surface area contributed by atoms with E-state index >= 15 is 0 Å². The fourth-order valence-corrected chi connectivity index (χ4v) is 1.89. The van der Waals surface area contributed by atoms with Crippen molar-refractivity contribution in [3.63, 3.8) is 0 Å². The first kappa shape index (κ1) is 8.65. The molecule has 0 N–H and O–H groups in total. The Kier molecular flexibility index (Phi) is 3.49. The Labute approximate surface area is 71.0 Å². The molecular weight excluding hydrogens is 160 g/mol. The third-order valence-electron chi connectivity index (χ3n) is 1.47. The predicted octanol–water partition coefficient (Wildman–Crippen LogP) is 1.96. The van der Waals surface area contributed by atoms with Crippen LogP contribution in [0.4, 0.5) is 0 Å². The van der Waals surface area contributed by atoms with Crippen LogP contribution in [0.3, 0.4) is 0 Å². The zero-order chi connectivity index (χ0) is 8.10. The quantitative estimate of drug-likeness (QED) is 0.609. The molecular formula is C8H12O2S. The summed E-state index contributed by atoms with van der Waals surface area (Å²) in [6.45, 7) is 2.31. The van der Waals surface area contributed by atoms with E-state index in [1.54, 1.807) is 11.8 Å². The fourth-order valence-electron chi connectivity index (χ4n) is 0.953. The summed E-state index contributed by atoms with van der Waals surface area (Å²) in [6, 6.07) is 0. The van der Waals surface area contributed by atoms with E-state index in [4.69, 9.17) is 4.74 Å². The van der Waals surface area contributed by atoms with Crippen LogP contribution in [0.1, 0.15) is 19.8 Å². The van der Waals surface area contributed by atoms with Gasteiger partial charge in [-0.15, -0.1) is 11.8 Å². The van der Waals surface area contributed by atoms with Gasteiger partial charge in [0.25, 0.3) is 0 Å². The third-order valence-corrected chi connectivity index (χ3v) is 2.41. The van der Waals surface area contributed by atoms with Crippen LogP contribution in [-0.4, -0.2) is 18.3 Å². The Balaban J connectivity index is 2.24. The molecule has 0 spiro atoms. The van der Waals surface area contributed by atoms with Crippen molar-refractivity contribution in [1.82, 2.24) is 0 Å². The van der Waals surface area contributed by atoms with Crippen molar-refractivity contribution >= 4 is 17.7 Å². The van der Waals surface area contributed by atoms with Gasteiger partial charge in [0.05, 0.1) is 13.0 Å². The van der Waals surface area contributed by atoms with E-state index in [9.17, 15) is 4.79 Å². The number of ether oxygens (including phenoxy) is 1. The molecule has 0 aromatic rings. The molecule has 1 aliphatic rings. The SMILES string of the molecule is CCOC(=O)CC1=CSCC1. The molecule has 62 valence electrons. The molecule has 0 fully saturated rings. The van der Waals surface area contributed by atoms with E-state index in [-0.39, 0.29) is 5.97 Å². The Hall–Kier alpha value is -0.440. The molecule has 0 saturated heterocycles. The summed E-state index contributed by atoms with van der Waals surface area (Å²) in [7, 11) is 0. The van der Waals surface area contributed by atoms with Crippen LogP contribution in [-0.2, 0) is 9.53 Å². The Morgan fingerprint density at radius 3 is 3.18 bits per heavy atom. The maximum absolute atomic E-state index is 10.9. The summed E-state index contributed by atoms with van der Waals surface area (Å²) in [4.78, 5) is 10.9. The van der Waals surface area contributed by atoms with E-state index in [0.717, 1.165) is 12.2 Å². The highest BCUT2D eigenvalue weighted by Crippen LogP contribution is 2.24. The third kappa shape index (κ3) is 2.97. The molecule has 11 heavy (non-hydrogen) atoms. The first-order chi connectivity index (χ1) is 5.33. The normalized spacial score (nSPS) is 16.3. The van der Waals surface area contributed by atoms with Gasteiger partial charge in [0.2, 0.25) is 0 Å². The summed E-state index contributed by atoms with van der Waals surface area (Å²) < 4.78 is 4.81.